The second kappa shape index (κ2) is 13.0. The van der Waals surface area contributed by atoms with E-state index in [2.05, 4.69) is 20.5 Å². The van der Waals surface area contributed by atoms with Gasteiger partial charge < -0.3 is 25.0 Å². The van der Waals surface area contributed by atoms with Crippen molar-refractivity contribution in [1.82, 2.24) is 15.5 Å². The number of ether oxygens (including phenoxy) is 2. The molecule has 0 aromatic heterocycles. The van der Waals surface area contributed by atoms with Crippen molar-refractivity contribution in [1.29, 1.82) is 0 Å². The number of halogens is 1. The van der Waals surface area contributed by atoms with Crippen molar-refractivity contribution in [2.24, 2.45) is 4.99 Å². The van der Waals surface area contributed by atoms with Crippen LogP contribution in [-0.2, 0) is 9.47 Å². The molecular weight excluding hydrogens is 495 g/mol. The van der Waals surface area contributed by atoms with Crippen LogP contribution in [0.3, 0.4) is 0 Å². The highest BCUT2D eigenvalue weighted by molar-refractivity contribution is 14.0. The minimum atomic E-state index is -0.542. The van der Waals surface area contributed by atoms with Gasteiger partial charge in [0.1, 0.15) is 5.60 Å². The SMILES string of the molecule is CCOC1CCN(C(=NC)NCC(NC(=O)OC(C)(C)C)c2ccccc2)CC1.I. The van der Waals surface area contributed by atoms with Crippen LogP contribution in [0.1, 0.15) is 52.1 Å². The van der Waals surface area contributed by atoms with Crippen LogP contribution in [0.4, 0.5) is 4.79 Å². The minimum Gasteiger partial charge on any atom is -0.444 e. The summed E-state index contributed by atoms with van der Waals surface area (Å²) in [5.41, 5.74) is 0.469. The molecule has 8 heteroatoms. The molecule has 1 fully saturated rings. The average molecular weight is 532 g/mol. The highest BCUT2D eigenvalue weighted by Crippen LogP contribution is 2.16. The smallest absolute Gasteiger partial charge is 0.408 e. The van der Waals surface area contributed by atoms with E-state index in [4.69, 9.17) is 9.47 Å². The van der Waals surface area contributed by atoms with Crippen LogP contribution >= 0.6 is 24.0 Å². The number of rotatable bonds is 6. The molecule has 7 nitrogen and oxygen atoms in total. The number of hydrogen-bond acceptors (Lipinski definition) is 4. The Bertz CT molecular complexity index is 656. The summed E-state index contributed by atoms with van der Waals surface area (Å²) in [5.74, 6) is 0.840. The van der Waals surface area contributed by atoms with Gasteiger partial charge in [0.25, 0.3) is 0 Å². The van der Waals surface area contributed by atoms with E-state index in [0.717, 1.165) is 44.1 Å². The fourth-order valence-corrected chi connectivity index (χ4v) is 3.38. The van der Waals surface area contributed by atoms with Gasteiger partial charge in [-0.05, 0) is 46.1 Å². The van der Waals surface area contributed by atoms with Gasteiger partial charge in [0.05, 0.1) is 12.1 Å². The number of alkyl carbamates (subject to hydrolysis) is 1. The van der Waals surface area contributed by atoms with Gasteiger partial charge in [0.15, 0.2) is 5.96 Å². The number of nitrogens with one attached hydrogen (secondary N) is 2. The number of likely N-dealkylation sites (tertiary alicyclic amines) is 1. The fourth-order valence-electron chi connectivity index (χ4n) is 3.38. The van der Waals surface area contributed by atoms with Crippen LogP contribution in [0.25, 0.3) is 0 Å². The predicted octanol–water partition coefficient (Wildman–Crippen LogP) is 3.95. The molecular formula is C22H37IN4O3. The number of benzene rings is 1. The average Bonchev–Trinajstić information content (AvgIpc) is 2.68. The molecule has 0 bridgehead atoms. The van der Waals surface area contributed by atoms with Gasteiger partial charge in [0, 0.05) is 33.3 Å². The quantitative estimate of drug-likeness (QED) is 0.330. The summed E-state index contributed by atoms with van der Waals surface area (Å²) in [6, 6.07) is 9.66. The second-order valence-electron chi connectivity index (χ2n) is 8.18. The van der Waals surface area contributed by atoms with E-state index in [1.165, 1.54) is 0 Å². The monoisotopic (exact) mass is 532 g/mol. The molecule has 0 saturated carbocycles. The Morgan fingerprint density at radius 1 is 1.23 bits per heavy atom. The third-order valence-electron chi connectivity index (χ3n) is 4.71. The van der Waals surface area contributed by atoms with E-state index in [9.17, 15) is 4.79 Å². The zero-order chi connectivity index (χ0) is 21.3. The van der Waals surface area contributed by atoms with E-state index in [-0.39, 0.29) is 30.0 Å². The molecule has 30 heavy (non-hydrogen) atoms. The van der Waals surface area contributed by atoms with Crippen LogP contribution < -0.4 is 10.6 Å². The number of hydrogen-bond donors (Lipinski definition) is 2. The molecule has 1 aliphatic rings. The van der Waals surface area contributed by atoms with E-state index in [0.29, 0.717) is 12.6 Å². The van der Waals surface area contributed by atoms with Crippen LogP contribution in [0, 0.1) is 0 Å². The largest absolute Gasteiger partial charge is 0.444 e. The molecule has 1 atom stereocenters. The van der Waals surface area contributed by atoms with Crippen LogP contribution in [-0.4, -0.2) is 61.9 Å². The van der Waals surface area contributed by atoms with E-state index >= 15 is 0 Å². The maximum Gasteiger partial charge on any atom is 0.408 e. The Balaban J connectivity index is 0.00000450. The van der Waals surface area contributed by atoms with Gasteiger partial charge in [-0.15, -0.1) is 24.0 Å². The third kappa shape index (κ3) is 9.07. The number of piperidine rings is 1. The van der Waals surface area contributed by atoms with E-state index in [1.807, 2.05) is 58.0 Å². The zero-order valence-electron chi connectivity index (χ0n) is 18.8. The fraction of sp³-hybridized carbons (Fsp3) is 0.636. The van der Waals surface area contributed by atoms with Gasteiger partial charge in [-0.1, -0.05) is 30.3 Å². The highest BCUT2D eigenvalue weighted by atomic mass is 127. The summed E-state index contributed by atoms with van der Waals surface area (Å²) in [7, 11) is 1.79. The zero-order valence-corrected chi connectivity index (χ0v) is 21.1. The Kier molecular flexibility index (Phi) is 11.5. The normalized spacial score (nSPS) is 16.4. The number of amides is 1. The van der Waals surface area contributed by atoms with Crippen molar-refractivity contribution >= 4 is 36.0 Å². The van der Waals surface area contributed by atoms with E-state index < -0.39 is 11.7 Å². The number of guanidine groups is 1. The van der Waals surface area contributed by atoms with Crippen molar-refractivity contribution in [3.8, 4) is 0 Å². The number of aliphatic imine (C=N–C) groups is 1. The summed E-state index contributed by atoms with van der Waals surface area (Å²) >= 11 is 0. The molecule has 1 unspecified atom stereocenters. The molecule has 0 spiro atoms. The first-order valence-corrected chi connectivity index (χ1v) is 10.4. The molecule has 2 rings (SSSR count). The first-order chi connectivity index (χ1) is 13.8. The number of carbonyl (C=O) groups excluding carboxylic acids is 1. The maximum absolute atomic E-state index is 12.3. The summed E-state index contributed by atoms with van der Waals surface area (Å²) < 4.78 is 11.2. The summed E-state index contributed by atoms with van der Waals surface area (Å²) in [4.78, 5) is 19.0. The van der Waals surface area contributed by atoms with Crippen LogP contribution in [0.2, 0.25) is 0 Å². The molecule has 0 radical (unpaired) electrons. The highest BCUT2D eigenvalue weighted by Gasteiger charge is 2.24. The molecule has 1 aromatic rings. The van der Waals surface area contributed by atoms with Crippen molar-refractivity contribution < 1.29 is 14.3 Å². The Labute approximate surface area is 198 Å². The number of carbonyl (C=O) groups is 1. The summed E-state index contributed by atoms with van der Waals surface area (Å²) in [5, 5.41) is 6.40. The van der Waals surface area contributed by atoms with Crippen LogP contribution in [0.15, 0.2) is 35.3 Å². The lowest BCUT2D eigenvalue weighted by molar-refractivity contribution is 0.0263. The lowest BCUT2D eigenvalue weighted by Crippen LogP contribution is -2.49. The van der Waals surface area contributed by atoms with Gasteiger partial charge in [-0.25, -0.2) is 4.79 Å². The van der Waals surface area contributed by atoms with Crippen molar-refractivity contribution in [2.45, 2.75) is 58.3 Å². The standard InChI is InChI=1S/C22H36N4O3.HI/c1-6-28-18-12-14-26(15-13-18)20(23-5)24-16-19(17-10-8-7-9-11-17)25-21(27)29-22(2,3)4;/h7-11,18-19H,6,12-16H2,1-5H3,(H,23,24)(H,25,27);1H. The van der Waals surface area contributed by atoms with Gasteiger partial charge >= 0.3 is 6.09 Å². The molecule has 1 heterocycles. The Hall–Kier alpha value is -1.55. The molecule has 2 N–H and O–H groups in total. The molecule has 1 aromatic carbocycles. The minimum absolute atomic E-state index is 0. The Morgan fingerprint density at radius 3 is 2.40 bits per heavy atom. The van der Waals surface area contributed by atoms with Crippen molar-refractivity contribution in [3.63, 3.8) is 0 Å². The third-order valence-corrected chi connectivity index (χ3v) is 4.71. The first kappa shape index (κ1) is 26.5. The van der Waals surface area contributed by atoms with Gasteiger partial charge in [-0.2, -0.15) is 0 Å². The maximum atomic E-state index is 12.3. The van der Waals surface area contributed by atoms with Gasteiger partial charge in [-0.3, -0.25) is 4.99 Å². The summed E-state index contributed by atoms with van der Waals surface area (Å²) in [6.07, 6.45) is 1.89. The van der Waals surface area contributed by atoms with Gasteiger partial charge in [0.2, 0.25) is 0 Å². The molecule has 1 saturated heterocycles. The van der Waals surface area contributed by atoms with Crippen molar-refractivity contribution in [2.75, 3.05) is 33.3 Å². The van der Waals surface area contributed by atoms with Crippen molar-refractivity contribution in [3.05, 3.63) is 35.9 Å². The molecule has 1 aliphatic heterocycles. The molecule has 170 valence electrons. The lowest BCUT2D eigenvalue weighted by atomic mass is 10.1. The molecule has 0 aliphatic carbocycles. The van der Waals surface area contributed by atoms with E-state index in [1.54, 1.807) is 7.05 Å². The Morgan fingerprint density at radius 2 is 1.87 bits per heavy atom. The second-order valence-corrected chi connectivity index (χ2v) is 8.18. The summed E-state index contributed by atoms with van der Waals surface area (Å²) in [6.45, 7) is 10.7. The molecule has 1 amide bonds. The lowest BCUT2D eigenvalue weighted by Gasteiger charge is -2.34. The first-order valence-electron chi connectivity index (χ1n) is 10.4. The topological polar surface area (TPSA) is 75.2 Å². The number of nitrogens with zero attached hydrogens (tertiary/aromatic N) is 2. The van der Waals surface area contributed by atoms with Crippen LogP contribution in [0.5, 0.6) is 0 Å². The predicted molar refractivity (Wildman–Crippen MR) is 132 cm³/mol.